The molecule has 5 nitrogen and oxygen atoms in total. The zero-order valence-electron chi connectivity index (χ0n) is 9.73. The Morgan fingerprint density at radius 3 is 2.81 bits per heavy atom. The summed E-state index contributed by atoms with van der Waals surface area (Å²) in [5.74, 6) is 1.04. The van der Waals surface area contributed by atoms with Crippen LogP contribution in [0, 0.1) is 5.92 Å². The number of amides is 1. The van der Waals surface area contributed by atoms with Crippen LogP contribution in [0.1, 0.15) is 37.2 Å². The number of nitrogens with one attached hydrogen (secondary N) is 1. The fraction of sp³-hybridized carbons (Fsp3) is 0.636. The molecule has 88 valence electrons. The second-order valence-electron chi connectivity index (χ2n) is 4.70. The van der Waals surface area contributed by atoms with Gasteiger partial charge in [0.05, 0.1) is 0 Å². The summed E-state index contributed by atoms with van der Waals surface area (Å²) < 4.78 is 0. The van der Waals surface area contributed by atoms with Gasteiger partial charge in [0.2, 0.25) is 0 Å². The predicted octanol–water partition coefficient (Wildman–Crippen LogP) is 1.25. The summed E-state index contributed by atoms with van der Waals surface area (Å²) in [6, 6.07) is 1.79. The molecule has 1 amide bonds. The van der Waals surface area contributed by atoms with Crippen LogP contribution in [0.4, 0.5) is 5.82 Å². The van der Waals surface area contributed by atoms with Crippen LogP contribution < -0.4 is 5.73 Å². The third kappa shape index (κ3) is 2.35. The second kappa shape index (κ2) is 4.15. The summed E-state index contributed by atoms with van der Waals surface area (Å²) >= 11 is 0. The van der Waals surface area contributed by atoms with E-state index < -0.39 is 0 Å². The highest BCUT2D eigenvalue weighted by molar-refractivity contribution is 5.93. The number of nitrogens with two attached hydrogens (primary N) is 1. The molecule has 1 aromatic heterocycles. The number of hydrogen-bond acceptors (Lipinski definition) is 3. The molecule has 1 saturated carbocycles. The lowest BCUT2D eigenvalue weighted by Crippen LogP contribution is -2.38. The van der Waals surface area contributed by atoms with Crippen LogP contribution in [-0.4, -0.2) is 33.6 Å². The van der Waals surface area contributed by atoms with Gasteiger partial charge in [-0.3, -0.25) is 9.89 Å². The number of aromatic nitrogens is 2. The highest BCUT2D eigenvalue weighted by atomic mass is 16.2. The third-order valence-corrected chi connectivity index (χ3v) is 2.86. The average Bonchev–Trinajstić information content (AvgIpc) is 2.95. The van der Waals surface area contributed by atoms with Crippen LogP contribution in [0.25, 0.3) is 0 Å². The van der Waals surface area contributed by atoms with Gasteiger partial charge in [0.25, 0.3) is 5.91 Å². The van der Waals surface area contributed by atoms with E-state index in [2.05, 4.69) is 10.2 Å². The quantitative estimate of drug-likeness (QED) is 0.805. The van der Waals surface area contributed by atoms with Crippen molar-refractivity contribution >= 4 is 11.7 Å². The number of rotatable bonds is 4. The Morgan fingerprint density at radius 1 is 1.69 bits per heavy atom. The van der Waals surface area contributed by atoms with E-state index in [1.807, 2.05) is 18.7 Å². The van der Waals surface area contributed by atoms with Crippen molar-refractivity contribution in [3.63, 3.8) is 0 Å². The summed E-state index contributed by atoms with van der Waals surface area (Å²) in [5, 5.41) is 6.45. The molecular formula is C11H18N4O. The molecule has 1 heterocycles. The van der Waals surface area contributed by atoms with Crippen LogP contribution in [0.2, 0.25) is 0 Å². The van der Waals surface area contributed by atoms with E-state index in [9.17, 15) is 4.79 Å². The molecule has 0 spiro atoms. The summed E-state index contributed by atoms with van der Waals surface area (Å²) in [6.45, 7) is 4.90. The molecule has 3 N–H and O–H groups in total. The Labute approximate surface area is 95.0 Å². The first-order chi connectivity index (χ1) is 7.58. The van der Waals surface area contributed by atoms with Crippen molar-refractivity contribution in [2.75, 3.05) is 12.3 Å². The molecule has 0 aromatic carbocycles. The molecule has 1 aliphatic carbocycles. The Bertz CT molecular complexity index is 381. The maximum atomic E-state index is 12.2. The zero-order valence-corrected chi connectivity index (χ0v) is 9.73. The topological polar surface area (TPSA) is 75.0 Å². The summed E-state index contributed by atoms with van der Waals surface area (Å²) in [4.78, 5) is 14.0. The molecule has 0 bridgehead atoms. The first-order valence-electron chi connectivity index (χ1n) is 5.69. The van der Waals surface area contributed by atoms with Gasteiger partial charge in [0.1, 0.15) is 11.5 Å². The van der Waals surface area contributed by atoms with Crippen molar-refractivity contribution < 1.29 is 4.79 Å². The van der Waals surface area contributed by atoms with Crippen molar-refractivity contribution in [3.8, 4) is 0 Å². The van der Waals surface area contributed by atoms with Crippen molar-refractivity contribution in [1.29, 1.82) is 0 Å². The first-order valence-corrected chi connectivity index (χ1v) is 5.69. The van der Waals surface area contributed by atoms with Crippen LogP contribution in [0.3, 0.4) is 0 Å². The van der Waals surface area contributed by atoms with Gasteiger partial charge in [-0.15, -0.1) is 0 Å². The fourth-order valence-corrected chi connectivity index (χ4v) is 1.71. The standard InChI is InChI=1S/C11H18N4O/c1-7(2)15(6-8-3-4-8)11(16)9-5-10(12)14-13-9/h5,7-8H,3-4,6H2,1-2H3,(H3,12,13,14). The van der Waals surface area contributed by atoms with E-state index in [-0.39, 0.29) is 11.9 Å². The summed E-state index contributed by atoms with van der Waals surface area (Å²) in [5.41, 5.74) is 5.97. The summed E-state index contributed by atoms with van der Waals surface area (Å²) in [7, 11) is 0. The van der Waals surface area contributed by atoms with Gasteiger partial charge in [0, 0.05) is 18.7 Å². The molecule has 0 atom stereocenters. The van der Waals surface area contributed by atoms with Gasteiger partial charge in [-0.2, -0.15) is 5.10 Å². The molecule has 1 aliphatic rings. The maximum Gasteiger partial charge on any atom is 0.272 e. The van der Waals surface area contributed by atoms with E-state index in [0.717, 1.165) is 6.54 Å². The molecule has 0 radical (unpaired) electrons. The zero-order chi connectivity index (χ0) is 11.7. The van der Waals surface area contributed by atoms with E-state index in [1.54, 1.807) is 6.07 Å². The minimum atomic E-state index is -0.00824. The molecule has 5 heteroatoms. The first kappa shape index (κ1) is 11.0. The Kier molecular flexibility index (Phi) is 2.85. The smallest absolute Gasteiger partial charge is 0.272 e. The van der Waals surface area contributed by atoms with Crippen LogP contribution in [-0.2, 0) is 0 Å². The fourth-order valence-electron chi connectivity index (χ4n) is 1.71. The van der Waals surface area contributed by atoms with Gasteiger partial charge in [-0.25, -0.2) is 0 Å². The molecule has 0 unspecified atom stereocenters. The normalized spacial score (nSPS) is 15.4. The lowest BCUT2D eigenvalue weighted by molar-refractivity contribution is 0.0690. The predicted molar refractivity (Wildman–Crippen MR) is 61.9 cm³/mol. The number of carbonyl (C=O) groups excluding carboxylic acids is 1. The third-order valence-electron chi connectivity index (χ3n) is 2.86. The number of aromatic amines is 1. The number of H-pyrrole nitrogens is 1. The average molecular weight is 222 g/mol. The van der Waals surface area contributed by atoms with Crippen molar-refractivity contribution in [2.45, 2.75) is 32.7 Å². The molecule has 16 heavy (non-hydrogen) atoms. The minimum Gasteiger partial charge on any atom is -0.382 e. The van der Waals surface area contributed by atoms with Crippen molar-refractivity contribution in [3.05, 3.63) is 11.8 Å². The molecular weight excluding hydrogens is 204 g/mol. The lowest BCUT2D eigenvalue weighted by Gasteiger charge is -2.26. The molecule has 0 saturated heterocycles. The SMILES string of the molecule is CC(C)N(CC1CC1)C(=O)c1cc(N)n[nH]1. The highest BCUT2D eigenvalue weighted by Gasteiger charge is 2.29. The number of nitrogens with zero attached hydrogens (tertiary/aromatic N) is 2. The molecule has 1 aromatic rings. The molecule has 0 aliphatic heterocycles. The second-order valence-corrected chi connectivity index (χ2v) is 4.70. The number of anilines is 1. The largest absolute Gasteiger partial charge is 0.382 e. The summed E-state index contributed by atoms with van der Waals surface area (Å²) in [6.07, 6.45) is 2.48. The van der Waals surface area contributed by atoms with Crippen LogP contribution in [0.5, 0.6) is 0 Å². The van der Waals surface area contributed by atoms with Crippen LogP contribution in [0.15, 0.2) is 6.07 Å². The van der Waals surface area contributed by atoms with Gasteiger partial charge in [-0.1, -0.05) is 0 Å². The molecule has 1 fully saturated rings. The van der Waals surface area contributed by atoms with Gasteiger partial charge in [-0.05, 0) is 32.6 Å². The van der Waals surface area contributed by atoms with E-state index in [1.165, 1.54) is 12.8 Å². The van der Waals surface area contributed by atoms with Crippen molar-refractivity contribution in [2.24, 2.45) is 5.92 Å². The van der Waals surface area contributed by atoms with Crippen LogP contribution >= 0.6 is 0 Å². The minimum absolute atomic E-state index is 0.00824. The molecule has 2 rings (SSSR count). The van der Waals surface area contributed by atoms with E-state index in [0.29, 0.717) is 17.4 Å². The Morgan fingerprint density at radius 2 is 2.38 bits per heavy atom. The number of hydrogen-bond donors (Lipinski definition) is 2. The van der Waals surface area contributed by atoms with Crippen molar-refractivity contribution in [1.82, 2.24) is 15.1 Å². The van der Waals surface area contributed by atoms with E-state index in [4.69, 9.17) is 5.73 Å². The lowest BCUT2D eigenvalue weighted by atomic mass is 10.2. The Hall–Kier alpha value is -1.52. The van der Waals surface area contributed by atoms with Gasteiger partial charge < -0.3 is 10.6 Å². The monoisotopic (exact) mass is 222 g/mol. The maximum absolute atomic E-state index is 12.2. The number of carbonyl (C=O) groups is 1. The van der Waals surface area contributed by atoms with Gasteiger partial charge in [0.15, 0.2) is 0 Å². The Balaban J connectivity index is 2.09. The van der Waals surface area contributed by atoms with E-state index >= 15 is 0 Å². The number of nitrogen functional groups attached to an aromatic ring is 1. The highest BCUT2D eigenvalue weighted by Crippen LogP contribution is 2.30. The van der Waals surface area contributed by atoms with Gasteiger partial charge >= 0.3 is 0 Å².